The van der Waals surface area contributed by atoms with E-state index in [1.54, 1.807) is 0 Å². The molecule has 0 saturated heterocycles. The molecular weight excluding hydrogens is 184 g/mol. The van der Waals surface area contributed by atoms with Crippen LogP contribution in [0.15, 0.2) is 0 Å². The van der Waals surface area contributed by atoms with Crippen molar-refractivity contribution in [3.63, 3.8) is 0 Å². The molecular formula is C13H26N2. The van der Waals surface area contributed by atoms with Gasteiger partial charge in [0.2, 0.25) is 0 Å². The fourth-order valence-corrected chi connectivity index (χ4v) is 3.81. The Hall–Kier alpha value is -0.0800. The van der Waals surface area contributed by atoms with Crippen LogP contribution in [0.4, 0.5) is 0 Å². The molecule has 2 fully saturated rings. The summed E-state index contributed by atoms with van der Waals surface area (Å²) in [6, 6.07) is 1.61. The van der Waals surface area contributed by atoms with E-state index >= 15 is 0 Å². The lowest BCUT2D eigenvalue weighted by molar-refractivity contribution is 0.120. The van der Waals surface area contributed by atoms with Gasteiger partial charge in [-0.1, -0.05) is 19.8 Å². The molecule has 15 heavy (non-hydrogen) atoms. The van der Waals surface area contributed by atoms with Gasteiger partial charge in [-0.05, 0) is 51.1 Å². The fourth-order valence-electron chi connectivity index (χ4n) is 3.81. The fraction of sp³-hybridized carbons (Fsp3) is 1.00. The molecule has 2 N–H and O–H groups in total. The molecule has 0 aromatic carbocycles. The highest BCUT2D eigenvalue weighted by atomic mass is 15.2. The molecule has 2 rings (SSSR count). The van der Waals surface area contributed by atoms with Crippen molar-refractivity contribution >= 4 is 0 Å². The van der Waals surface area contributed by atoms with Crippen molar-refractivity contribution in [3.8, 4) is 0 Å². The Balaban J connectivity index is 1.97. The van der Waals surface area contributed by atoms with Crippen molar-refractivity contribution in [1.82, 2.24) is 4.90 Å². The van der Waals surface area contributed by atoms with E-state index in [-0.39, 0.29) is 0 Å². The number of hydrogen-bond acceptors (Lipinski definition) is 2. The van der Waals surface area contributed by atoms with Crippen molar-refractivity contribution in [3.05, 3.63) is 0 Å². The highest BCUT2D eigenvalue weighted by molar-refractivity contribution is 4.91. The second-order valence-electron chi connectivity index (χ2n) is 5.64. The molecule has 0 aliphatic heterocycles. The largest absolute Gasteiger partial charge is 0.330 e. The van der Waals surface area contributed by atoms with Crippen LogP contribution in [0.1, 0.15) is 45.4 Å². The first-order valence-corrected chi connectivity index (χ1v) is 6.66. The molecule has 2 saturated carbocycles. The molecule has 0 spiro atoms. The van der Waals surface area contributed by atoms with Crippen LogP contribution in [0.25, 0.3) is 0 Å². The van der Waals surface area contributed by atoms with Crippen molar-refractivity contribution in [2.45, 2.75) is 57.5 Å². The first-order chi connectivity index (χ1) is 7.24. The van der Waals surface area contributed by atoms with Gasteiger partial charge in [0.25, 0.3) is 0 Å². The first-order valence-electron chi connectivity index (χ1n) is 6.66. The van der Waals surface area contributed by atoms with Crippen molar-refractivity contribution in [2.24, 2.45) is 17.6 Å². The molecule has 0 amide bonds. The summed E-state index contributed by atoms with van der Waals surface area (Å²) in [6.07, 6.45) is 8.38. The van der Waals surface area contributed by atoms with Gasteiger partial charge in [0.15, 0.2) is 0 Å². The summed E-state index contributed by atoms with van der Waals surface area (Å²) < 4.78 is 0. The summed E-state index contributed by atoms with van der Waals surface area (Å²) in [6.45, 7) is 3.30. The second kappa shape index (κ2) is 4.84. The highest BCUT2D eigenvalue weighted by Crippen LogP contribution is 2.35. The first kappa shape index (κ1) is 11.4. The van der Waals surface area contributed by atoms with E-state index in [0.29, 0.717) is 0 Å². The standard InChI is InChI=1S/C13H26N2/c1-10-5-3-7-12(10)15(2)13-8-4-6-11(13)9-14/h10-13H,3-9,14H2,1-2H3. The van der Waals surface area contributed by atoms with E-state index in [0.717, 1.165) is 30.5 Å². The van der Waals surface area contributed by atoms with Crippen LogP contribution in [-0.4, -0.2) is 30.6 Å². The zero-order valence-corrected chi connectivity index (χ0v) is 10.3. The van der Waals surface area contributed by atoms with Crippen LogP contribution in [0, 0.1) is 11.8 Å². The van der Waals surface area contributed by atoms with Crippen molar-refractivity contribution in [2.75, 3.05) is 13.6 Å². The Morgan fingerprint density at radius 3 is 2.33 bits per heavy atom. The maximum Gasteiger partial charge on any atom is 0.0136 e. The third kappa shape index (κ3) is 2.21. The average molecular weight is 210 g/mol. The van der Waals surface area contributed by atoms with E-state index in [9.17, 15) is 0 Å². The normalized spacial score (nSPS) is 41.6. The highest BCUT2D eigenvalue weighted by Gasteiger charge is 2.36. The zero-order chi connectivity index (χ0) is 10.8. The Labute approximate surface area is 94.2 Å². The topological polar surface area (TPSA) is 29.3 Å². The van der Waals surface area contributed by atoms with Crippen LogP contribution in [0.2, 0.25) is 0 Å². The minimum absolute atomic E-state index is 0.766. The number of rotatable bonds is 3. The SMILES string of the molecule is CC1CCCC1N(C)C1CCCC1CN. The molecule has 2 heteroatoms. The molecule has 0 heterocycles. The summed E-state index contributed by atoms with van der Waals surface area (Å²) in [5, 5.41) is 0. The second-order valence-corrected chi connectivity index (χ2v) is 5.64. The van der Waals surface area contributed by atoms with E-state index in [4.69, 9.17) is 5.73 Å². The predicted octanol–water partition coefficient (Wildman–Crippen LogP) is 2.23. The van der Waals surface area contributed by atoms with E-state index in [1.165, 1.54) is 38.5 Å². The van der Waals surface area contributed by atoms with Crippen molar-refractivity contribution in [1.29, 1.82) is 0 Å². The van der Waals surface area contributed by atoms with Crippen LogP contribution in [0.5, 0.6) is 0 Å². The summed E-state index contributed by atoms with van der Waals surface area (Å²) in [4.78, 5) is 2.67. The predicted molar refractivity (Wildman–Crippen MR) is 64.7 cm³/mol. The molecule has 2 nitrogen and oxygen atoms in total. The summed E-state index contributed by atoms with van der Waals surface area (Å²) in [5.41, 5.74) is 5.87. The van der Waals surface area contributed by atoms with Gasteiger partial charge in [0.05, 0.1) is 0 Å². The minimum atomic E-state index is 0.766. The average Bonchev–Trinajstić information content (AvgIpc) is 2.84. The Morgan fingerprint density at radius 1 is 1.07 bits per heavy atom. The maximum atomic E-state index is 5.87. The lowest BCUT2D eigenvalue weighted by Gasteiger charge is -2.36. The molecule has 0 radical (unpaired) electrons. The van der Waals surface area contributed by atoms with Gasteiger partial charge >= 0.3 is 0 Å². The quantitative estimate of drug-likeness (QED) is 0.774. The van der Waals surface area contributed by atoms with Gasteiger partial charge in [-0.15, -0.1) is 0 Å². The molecule has 4 unspecified atom stereocenters. The number of hydrogen-bond donors (Lipinski definition) is 1. The number of nitrogens with zero attached hydrogens (tertiary/aromatic N) is 1. The van der Waals surface area contributed by atoms with Crippen LogP contribution >= 0.6 is 0 Å². The Morgan fingerprint density at radius 2 is 1.73 bits per heavy atom. The van der Waals surface area contributed by atoms with Crippen LogP contribution < -0.4 is 5.73 Å². The Bertz CT molecular complexity index is 205. The van der Waals surface area contributed by atoms with Gasteiger partial charge in [0.1, 0.15) is 0 Å². The third-order valence-electron chi connectivity index (χ3n) is 4.78. The molecule has 2 aliphatic rings. The summed E-state index contributed by atoms with van der Waals surface area (Å²) >= 11 is 0. The molecule has 0 aromatic rings. The number of nitrogens with two attached hydrogens (primary N) is 1. The van der Waals surface area contributed by atoms with Gasteiger partial charge in [-0.3, -0.25) is 4.90 Å². The molecule has 0 aromatic heterocycles. The maximum absolute atomic E-state index is 5.87. The van der Waals surface area contributed by atoms with E-state index < -0.39 is 0 Å². The molecule has 2 aliphatic carbocycles. The lowest BCUT2D eigenvalue weighted by Crippen LogP contribution is -2.44. The van der Waals surface area contributed by atoms with Gasteiger partial charge in [-0.25, -0.2) is 0 Å². The monoisotopic (exact) mass is 210 g/mol. The van der Waals surface area contributed by atoms with Crippen molar-refractivity contribution < 1.29 is 0 Å². The molecule has 88 valence electrons. The lowest BCUT2D eigenvalue weighted by atomic mass is 9.97. The van der Waals surface area contributed by atoms with E-state index in [2.05, 4.69) is 18.9 Å². The zero-order valence-electron chi connectivity index (χ0n) is 10.3. The smallest absolute Gasteiger partial charge is 0.0136 e. The third-order valence-corrected chi connectivity index (χ3v) is 4.78. The van der Waals surface area contributed by atoms with E-state index in [1.807, 2.05) is 0 Å². The minimum Gasteiger partial charge on any atom is -0.330 e. The van der Waals surface area contributed by atoms with Gasteiger partial charge in [-0.2, -0.15) is 0 Å². The summed E-state index contributed by atoms with van der Waals surface area (Å²) in [5.74, 6) is 1.66. The van der Waals surface area contributed by atoms with Crippen LogP contribution in [0.3, 0.4) is 0 Å². The van der Waals surface area contributed by atoms with Gasteiger partial charge < -0.3 is 5.73 Å². The van der Waals surface area contributed by atoms with Gasteiger partial charge in [0, 0.05) is 12.1 Å². The Kier molecular flexibility index (Phi) is 3.68. The summed E-state index contributed by atoms with van der Waals surface area (Å²) in [7, 11) is 2.34. The molecule has 0 bridgehead atoms. The van der Waals surface area contributed by atoms with Crippen LogP contribution in [-0.2, 0) is 0 Å². The molecule has 4 atom stereocenters.